The molecular weight excluding hydrogens is 306 g/mol. The summed E-state index contributed by atoms with van der Waals surface area (Å²) in [4.78, 5) is 38.9. The molecule has 114 valence electrons. The maximum atomic E-state index is 12.1. The van der Waals surface area contributed by atoms with Gasteiger partial charge in [0, 0.05) is 18.0 Å². The molecule has 0 aromatic carbocycles. The maximum absolute atomic E-state index is 12.1. The van der Waals surface area contributed by atoms with Gasteiger partial charge in [0.25, 0.3) is 11.8 Å². The van der Waals surface area contributed by atoms with Crippen molar-refractivity contribution in [1.82, 2.24) is 10.3 Å². The number of carboxylic acid groups (broad SMARTS) is 1. The van der Waals surface area contributed by atoms with Gasteiger partial charge in [0.15, 0.2) is 0 Å². The van der Waals surface area contributed by atoms with Crippen LogP contribution in [0.4, 0.5) is 5.69 Å². The van der Waals surface area contributed by atoms with Crippen LogP contribution in [0.25, 0.3) is 0 Å². The van der Waals surface area contributed by atoms with Crippen molar-refractivity contribution in [1.29, 1.82) is 0 Å². The lowest BCUT2D eigenvalue weighted by molar-refractivity contribution is -0.138. The van der Waals surface area contributed by atoms with Crippen molar-refractivity contribution in [2.75, 3.05) is 5.32 Å². The van der Waals surface area contributed by atoms with Crippen LogP contribution < -0.4 is 10.6 Å². The summed E-state index contributed by atoms with van der Waals surface area (Å²) in [6, 6.07) is 3.67. The third-order valence-corrected chi connectivity index (χ3v) is 3.69. The van der Waals surface area contributed by atoms with Crippen molar-refractivity contribution in [3.8, 4) is 0 Å². The molecule has 0 bridgehead atoms. The van der Waals surface area contributed by atoms with E-state index in [-0.39, 0.29) is 10.8 Å². The normalized spacial score (nSPS) is 11.5. The second-order valence-corrected chi connectivity index (χ2v) is 5.30. The maximum Gasteiger partial charge on any atom is 0.325 e. The first-order chi connectivity index (χ1) is 10.5. The zero-order valence-corrected chi connectivity index (χ0v) is 12.4. The molecule has 8 heteroatoms. The van der Waals surface area contributed by atoms with Gasteiger partial charge in [0.1, 0.15) is 10.9 Å². The summed E-state index contributed by atoms with van der Waals surface area (Å²) >= 11 is 1.12. The number of nitrogens with one attached hydrogen (secondary N) is 2. The number of hydrogen-bond acceptors (Lipinski definition) is 5. The zero-order chi connectivity index (χ0) is 16.1. The van der Waals surface area contributed by atoms with Gasteiger partial charge in [-0.2, -0.15) is 0 Å². The van der Waals surface area contributed by atoms with Crippen LogP contribution in [0.5, 0.6) is 0 Å². The van der Waals surface area contributed by atoms with Crippen molar-refractivity contribution < 1.29 is 19.5 Å². The third kappa shape index (κ3) is 3.67. The van der Waals surface area contributed by atoms with Gasteiger partial charge in [-0.1, -0.05) is 0 Å². The number of aromatic nitrogens is 1. The van der Waals surface area contributed by atoms with Crippen LogP contribution in [0.3, 0.4) is 0 Å². The first kappa shape index (κ1) is 15.6. The Morgan fingerprint density at radius 3 is 2.50 bits per heavy atom. The first-order valence-electron chi connectivity index (χ1n) is 6.31. The van der Waals surface area contributed by atoms with E-state index in [1.54, 1.807) is 23.6 Å². The second-order valence-electron chi connectivity index (χ2n) is 4.39. The molecule has 22 heavy (non-hydrogen) atoms. The number of carbonyl (C=O) groups excluding carboxylic acids is 2. The fourth-order valence-corrected chi connectivity index (χ4v) is 2.36. The van der Waals surface area contributed by atoms with Crippen molar-refractivity contribution >= 4 is 34.8 Å². The van der Waals surface area contributed by atoms with Crippen LogP contribution in [0, 0.1) is 0 Å². The average molecular weight is 319 g/mol. The number of rotatable bonds is 5. The average Bonchev–Trinajstić information content (AvgIpc) is 2.96. The summed E-state index contributed by atoms with van der Waals surface area (Å²) in [7, 11) is 0. The van der Waals surface area contributed by atoms with Gasteiger partial charge in [-0.25, -0.2) is 0 Å². The van der Waals surface area contributed by atoms with E-state index in [0.717, 1.165) is 11.3 Å². The molecular formula is C14H13N3O4S. The molecule has 0 saturated carbocycles. The lowest BCUT2D eigenvalue weighted by atomic mass is 10.2. The molecule has 7 nitrogen and oxygen atoms in total. The highest BCUT2D eigenvalue weighted by molar-refractivity contribution is 7.12. The van der Waals surface area contributed by atoms with E-state index in [9.17, 15) is 14.4 Å². The van der Waals surface area contributed by atoms with Gasteiger partial charge in [0.05, 0.1) is 5.69 Å². The van der Waals surface area contributed by atoms with Gasteiger partial charge in [-0.3, -0.25) is 19.4 Å². The predicted molar refractivity (Wildman–Crippen MR) is 81.1 cm³/mol. The minimum absolute atomic E-state index is 0.246. The molecule has 0 unspecified atom stereocenters. The van der Waals surface area contributed by atoms with Crippen molar-refractivity contribution in [3.05, 3.63) is 46.4 Å². The Morgan fingerprint density at radius 2 is 1.86 bits per heavy atom. The summed E-state index contributed by atoms with van der Waals surface area (Å²) < 4.78 is 0. The van der Waals surface area contributed by atoms with E-state index in [0.29, 0.717) is 11.3 Å². The Bertz CT molecular complexity index is 699. The first-order valence-corrected chi connectivity index (χ1v) is 7.19. The molecule has 2 amide bonds. The van der Waals surface area contributed by atoms with Crippen LogP contribution in [-0.4, -0.2) is 33.9 Å². The smallest absolute Gasteiger partial charge is 0.325 e. The number of hydrogen-bond donors (Lipinski definition) is 3. The van der Waals surface area contributed by atoms with Crippen molar-refractivity contribution in [2.24, 2.45) is 0 Å². The van der Waals surface area contributed by atoms with Gasteiger partial charge in [-0.05, 0) is 30.5 Å². The lowest BCUT2D eigenvalue weighted by Gasteiger charge is -2.10. The summed E-state index contributed by atoms with van der Waals surface area (Å²) in [5.74, 6) is -2.05. The van der Waals surface area contributed by atoms with Gasteiger partial charge < -0.3 is 15.7 Å². The van der Waals surface area contributed by atoms with Crippen LogP contribution >= 0.6 is 11.3 Å². The van der Waals surface area contributed by atoms with Gasteiger partial charge in [0.2, 0.25) is 0 Å². The number of aliphatic carboxylic acids is 1. The summed E-state index contributed by atoms with van der Waals surface area (Å²) in [5, 5.41) is 15.4. The highest BCUT2D eigenvalue weighted by atomic mass is 32.1. The van der Waals surface area contributed by atoms with Crippen molar-refractivity contribution in [3.63, 3.8) is 0 Å². The Morgan fingerprint density at radius 1 is 1.18 bits per heavy atom. The number of pyridine rings is 1. The lowest BCUT2D eigenvalue weighted by Crippen LogP contribution is -2.38. The largest absolute Gasteiger partial charge is 0.480 e. The van der Waals surface area contributed by atoms with Crippen LogP contribution in [-0.2, 0) is 4.79 Å². The van der Waals surface area contributed by atoms with E-state index in [1.165, 1.54) is 19.3 Å². The Labute approximate surface area is 130 Å². The van der Waals surface area contributed by atoms with Crippen LogP contribution in [0.2, 0.25) is 0 Å². The minimum Gasteiger partial charge on any atom is -0.480 e. The van der Waals surface area contributed by atoms with Gasteiger partial charge >= 0.3 is 5.97 Å². The summed E-state index contributed by atoms with van der Waals surface area (Å²) in [5.41, 5.74) is 0.744. The molecule has 2 aromatic rings. The topological polar surface area (TPSA) is 108 Å². The number of anilines is 1. The number of carboxylic acids is 1. The molecule has 1 atom stereocenters. The fraction of sp³-hybridized carbons (Fsp3) is 0.143. The van der Waals surface area contributed by atoms with Crippen LogP contribution in [0.15, 0.2) is 36.0 Å². The summed E-state index contributed by atoms with van der Waals surface area (Å²) in [6.07, 6.45) is 2.98. The Kier molecular flexibility index (Phi) is 4.84. The molecule has 0 radical (unpaired) electrons. The van der Waals surface area contributed by atoms with E-state index in [4.69, 9.17) is 5.11 Å². The molecule has 0 spiro atoms. The molecule has 0 aliphatic rings. The van der Waals surface area contributed by atoms with Gasteiger partial charge in [-0.15, -0.1) is 11.3 Å². The highest BCUT2D eigenvalue weighted by Gasteiger charge is 2.20. The Hall–Kier alpha value is -2.74. The Balaban J connectivity index is 2.11. The quantitative estimate of drug-likeness (QED) is 0.775. The zero-order valence-electron chi connectivity index (χ0n) is 11.6. The standard InChI is InChI=1S/C14H13N3O4S/c1-8(14(20)21)16-13(19)11-10(4-7-22-11)17-12(18)9-2-5-15-6-3-9/h2-8H,1H3,(H,16,19)(H,17,18)(H,20,21)/t8-/m0/s1. The number of thiophene rings is 1. The van der Waals surface area contributed by atoms with Crippen LogP contribution in [0.1, 0.15) is 27.0 Å². The molecule has 0 aliphatic heterocycles. The number of amides is 2. The summed E-state index contributed by atoms with van der Waals surface area (Å²) in [6.45, 7) is 1.36. The molecule has 2 heterocycles. The molecule has 0 aliphatic carbocycles. The minimum atomic E-state index is -1.13. The number of nitrogens with zero attached hydrogens (tertiary/aromatic N) is 1. The highest BCUT2D eigenvalue weighted by Crippen LogP contribution is 2.23. The predicted octanol–water partition coefficient (Wildman–Crippen LogP) is 1.60. The second kappa shape index (κ2) is 6.81. The van der Waals surface area contributed by atoms with Crippen molar-refractivity contribution in [2.45, 2.75) is 13.0 Å². The molecule has 0 saturated heterocycles. The third-order valence-electron chi connectivity index (χ3n) is 2.78. The van der Waals surface area contributed by atoms with E-state index in [1.807, 2.05) is 0 Å². The van der Waals surface area contributed by atoms with E-state index in [2.05, 4.69) is 15.6 Å². The molecule has 2 aromatic heterocycles. The van der Waals surface area contributed by atoms with E-state index < -0.39 is 17.9 Å². The SMILES string of the molecule is C[C@H](NC(=O)c1sccc1NC(=O)c1ccncc1)C(=O)O. The molecule has 2 rings (SSSR count). The number of carbonyl (C=O) groups is 3. The monoisotopic (exact) mass is 319 g/mol. The molecule has 0 fully saturated rings. The fourth-order valence-electron chi connectivity index (χ4n) is 1.61. The van der Waals surface area contributed by atoms with E-state index >= 15 is 0 Å². The molecule has 3 N–H and O–H groups in total.